The Labute approximate surface area is 125 Å². The molecule has 0 radical (unpaired) electrons. The first-order valence-electron chi connectivity index (χ1n) is 7.43. The van der Waals surface area contributed by atoms with Crippen molar-refractivity contribution in [2.24, 2.45) is 5.73 Å². The van der Waals surface area contributed by atoms with Gasteiger partial charge < -0.3 is 11.1 Å². The van der Waals surface area contributed by atoms with E-state index in [9.17, 15) is 4.79 Å². The Hall–Kier alpha value is -2.13. The van der Waals surface area contributed by atoms with E-state index in [2.05, 4.69) is 17.4 Å². The first-order valence-corrected chi connectivity index (χ1v) is 7.43. The summed E-state index contributed by atoms with van der Waals surface area (Å²) in [4.78, 5) is 12.4. The zero-order valence-electron chi connectivity index (χ0n) is 12.0. The summed E-state index contributed by atoms with van der Waals surface area (Å²) in [5.74, 6) is 0.472. The van der Waals surface area contributed by atoms with Gasteiger partial charge in [-0.2, -0.15) is 0 Å². The van der Waals surface area contributed by atoms with Crippen LogP contribution >= 0.6 is 0 Å². The Morgan fingerprint density at radius 3 is 2.57 bits per heavy atom. The molecule has 0 bridgehead atoms. The van der Waals surface area contributed by atoms with Gasteiger partial charge in [-0.05, 0) is 36.6 Å². The van der Waals surface area contributed by atoms with Crippen molar-refractivity contribution >= 4 is 5.91 Å². The van der Waals surface area contributed by atoms with Gasteiger partial charge in [0.15, 0.2) is 0 Å². The molecule has 1 aliphatic rings. The Morgan fingerprint density at radius 1 is 1.10 bits per heavy atom. The smallest absolute Gasteiger partial charge is 0.251 e. The fourth-order valence-electron chi connectivity index (χ4n) is 2.78. The molecule has 3 N–H and O–H groups in total. The van der Waals surface area contributed by atoms with Crippen molar-refractivity contribution < 1.29 is 4.79 Å². The van der Waals surface area contributed by atoms with Crippen LogP contribution in [-0.4, -0.2) is 18.5 Å². The number of carbonyl (C=O) groups is 1. The van der Waals surface area contributed by atoms with Crippen molar-refractivity contribution in [2.75, 3.05) is 6.54 Å². The maximum absolute atomic E-state index is 12.4. The van der Waals surface area contributed by atoms with E-state index >= 15 is 0 Å². The third kappa shape index (κ3) is 3.14. The minimum Gasteiger partial charge on any atom is -0.349 e. The maximum atomic E-state index is 12.4. The second-order valence-electron chi connectivity index (χ2n) is 5.53. The molecule has 2 atom stereocenters. The summed E-state index contributed by atoms with van der Waals surface area (Å²) in [6, 6.07) is 18.3. The quantitative estimate of drug-likeness (QED) is 0.884. The lowest BCUT2D eigenvalue weighted by atomic mass is 10.0. The van der Waals surface area contributed by atoms with E-state index in [4.69, 9.17) is 5.73 Å². The van der Waals surface area contributed by atoms with Gasteiger partial charge in [0, 0.05) is 17.5 Å². The van der Waals surface area contributed by atoms with Gasteiger partial charge in [0.05, 0.1) is 0 Å². The Balaban J connectivity index is 1.66. The van der Waals surface area contributed by atoms with Crippen molar-refractivity contribution in [3.05, 3.63) is 71.3 Å². The highest BCUT2D eigenvalue weighted by Crippen LogP contribution is 2.40. The molecular weight excluding hydrogens is 260 g/mol. The third-order valence-electron chi connectivity index (χ3n) is 4.01. The molecule has 3 nitrogen and oxygen atoms in total. The normalized spacial score (nSPS) is 20.0. The zero-order chi connectivity index (χ0) is 14.7. The van der Waals surface area contributed by atoms with Crippen molar-refractivity contribution in [3.8, 4) is 0 Å². The molecule has 1 saturated carbocycles. The molecular formula is C18H20N2O. The molecule has 0 heterocycles. The number of hydrogen-bond donors (Lipinski definition) is 2. The number of nitrogens with one attached hydrogen (secondary N) is 1. The molecule has 1 aliphatic carbocycles. The standard InChI is InChI=1S/C18H20N2O/c19-11-10-14-8-4-5-9-15(14)18(21)20-17-12-16(17)13-6-2-1-3-7-13/h1-9,16-17H,10-12,19H2,(H,20,21). The lowest BCUT2D eigenvalue weighted by Crippen LogP contribution is -2.27. The van der Waals surface area contributed by atoms with Crippen LogP contribution in [0.4, 0.5) is 0 Å². The second kappa shape index (κ2) is 6.10. The average molecular weight is 280 g/mol. The number of hydrogen-bond acceptors (Lipinski definition) is 2. The van der Waals surface area contributed by atoms with Crippen molar-refractivity contribution in [2.45, 2.75) is 24.8 Å². The van der Waals surface area contributed by atoms with Gasteiger partial charge in [-0.15, -0.1) is 0 Å². The Morgan fingerprint density at radius 2 is 1.81 bits per heavy atom. The summed E-state index contributed by atoms with van der Waals surface area (Å²) in [5, 5.41) is 3.14. The minimum absolute atomic E-state index is 0.0162. The molecule has 3 heteroatoms. The first-order chi connectivity index (χ1) is 10.3. The summed E-state index contributed by atoms with van der Waals surface area (Å²) in [5.41, 5.74) is 8.69. The lowest BCUT2D eigenvalue weighted by molar-refractivity contribution is 0.0949. The van der Waals surface area contributed by atoms with Crippen LogP contribution in [0, 0.1) is 0 Å². The lowest BCUT2D eigenvalue weighted by Gasteiger charge is -2.09. The highest BCUT2D eigenvalue weighted by molar-refractivity contribution is 5.96. The van der Waals surface area contributed by atoms with Gasteiger partial charge in [-0.1, -0.05) is 48.5 Å². The molecule has 1 amide bonds. The number of nitrogens with two attached hydrogens (primary N) is 1. The molecule has 1 fully saturated rings. The molecule has 108 valence electrons. The Kier molecular flexibility index (Phi) is 4.02. The third-order valence-corrected chi connectivity index (χ3v) is 4.01. The first kappa shape index (κ1) is 13.8. The predicted octanol–water partition coefficient (Wildman–Crippen LogP) is 2.47. The number of benzene rings is 2. The summed E-state index contributed by atoms with van der Waals surface area (Å²) >= 11 is 0. The average Bonchev–Trinajstić information content (AvgIpc) is 3.28. The summed E-state index contributed by atoms with van der Waals surface area (Å²) < 4.78 is 0. The molecule has 0 aromatic heterocycles. The zero-order valence-corrected chi connectivity index (χ0v) is 12.0. The maximum Gasteiger partial charge on any atom is 0.251 e. The van der Waals surface area contributed by atoms with Crippen LogP contribution < -0.4 is 11.1 Å². The number of carbonyl (C=O) groups excluding carboxylic acids is 1. The van der Waals surface area contributed by atoms with Crippen molar-refractivity contribution in [3.63, 3.8) is 0 Å². The summed E-state index contributed by atoms with van der Waals surface area (Å²) in [7, 11) is 0. The second-order valence-corrected chi connectivity index (χ2v) is 5.53. The van der Waals surface area contributed by atoms with Gasteiger partial charge in [0.1, 0.15) is 0 Å². The summed E-state index contributed by atoms with van der Waals surface area (Å²) in [6.07, 6.45) is 1.76. The van der Waals surface area contributed by atoms with Gasteiger partial charge in [0.25, 0.3) is 5.91 Å². The largest absolute Gasteiger partial charge is 0.349 e. The number of amides is 1. The van der Waals surface area contributed by atoms with Gasteiger partial charge >= 0.3 is 0 Å². The molecule has 0 spiro atoms. The molecule has 21 heavy (non-hydrogen) atoms. The van der Waals surface area contributed by atoms with E-state index < -0.39 is 0 Å². The van der Waals surface area contributed by atoms with E-state index in [1.165, 1.54) is 5.56 Å². The van der Waals surface area contributed by atoms with Crippen LogP contribution in [0.25, 0.3) is 0 Å². The van der Waals surface area contributed by atoms with Crippen LogP contribution in [0.2, 0.25) is 0 Å². The van der Waals surface area contributed by atoms with Crippen LogP contribution in [-0.2, 0) is 6.42 Å². The van der Waals surface area contributed by atoms with E-state index in [0.717, 1.165) is 24.0 Å². The molecule has 2 unspecified atom stereocenters. The fourth-order valence-corrected chi connectivity index (χ4v) is 2.78. The van der Waals surface area contributed by atoms with Crippen molar-refractivity contribution in [1.29, 1.82) is 0 Å². The van der Waals surface area contributed by atoms with E-state index in [1.54, 1.807) is 0 Å². The molecule has 0 saturated heterocycles. The van der Waals surface area contributed by atoms with E-state index in [-0.39, 0.29) is 11.9 Å². The number of rotatable bonds is 5. The highest BCUT2D eigenvalue weighted by atomic mass is 16.1. The predicted molar refractivity (Wildman–Crippen MR) is 84.3 cm³/mol. The van der Waals surface area contributed by atoms with Gasteiger partial charge in [-0.25, -0.2) is 0 Å². The SMILES string of the molecule is NCCc1ccccc1C(=O)NC1CC1c1ccccc1. The molecule has 2 aromatic rings. The Bertz CT molecular complexity index is 624. The monoisotopic (exact) mass is 280 g/mol. The van der Waals surface area contributed by atoms with Gasteiger partial charge in [0.2, 0.25) is 0 Å². The van der Waals surface area contributed by atoms with Crippen LogP contribution in [0.5, 0.6) is 0 Å². The van der Waals surface area contributed by atoms with Crippen LogP contribution in [0.1, 0.15) is 33.8 Å². The van der Waals surface area contributed by atoms with Crippen LogP contribution in [0.15, 0.2) is 54.6 Å². The van der Waals surface area contributed by atoms with E-state index in [1.807, 2.05) is 42.5 Å². The topological polar surface area (TPSA) is 55.1 Å². The minimum atomic E-state index is 0.0162. The van der Waals surface area contributed by atoms with E-state index in [0.29, 0.717) is 12.5 Å². The highest BCUT2D eigenvalue weighted by Gasteiger charge is 2.39. The van der Waals surface area contributed by atoms with Gasteiger partial charge in [-0.3, -0.25) is 4.79 Å². The summed E-state index contributed by atoms with van der Waals surface area (Å²) in [6.45, 7) is 0.556. The van der Waals surface area contributed by atoms with Crippen LogP contribution in [0.3, 0.4) is 0 Å². The molecule has 3 rings (SSSR count). The molecule has 2 aromatic carbocycles. The molecule has 0 aliphatic heterocycles. The van der Waals surface area contributed by atoms with Crippen molar-refractivity contribution in [1.82, 2.24) is 5.32 Å². The fraction of sp³-hybridized carbons (Fsp3) is 0.278.